The summed E-state index contributed by atoms with van der Waals surface area (Å²) in [5.74, 6) is -0.745. The maximum Gasteiger partial charge on any atom is 0.310 e. The summed E-state index contributed by atoms with van der Waals surface area (Å²) in [6.45, 7) is 13.1. The number of aliphatic hydroxyl groups is 1. The molecule has 0 aromatic carbocycles. The SMILES string of the molecule is CCC(CC(CC(C)C(=O)OC1(C)CC(=O)OC1(C)C)C(=O)OC12CC3CC(CC(O)(C3)C1)C2)C(=O)OC(C)(C)C12CC3CC(CC(C3)C1)C2. The van der Waals surface area contributed by atoms with Crippen molar-refractivity contribution in [1.29, 1.82) is 0 Å². The van der Waals surface area contributed by atoms with Crippen molar-refractivity contribution in [1.82, 2.24) is 0 Å². The molecule has 9 nitrogen and oxygen atoms in total. The zero-order valence-corrected chi connectivity index (χ0v) is 31.6. The van der Waals surface area contributed by atoms with E-state index >= 15 is 0 Å². The lowest BCUT2D eigenvalue weighted by Crippen LogP contribution is -2.60. The van der Waals surface area contributed by atoms with Gasteiger partial charge in [-0.15, -0.1) is 0 Å². The molecule has 0 aromatic rings. The topological polar surface area (TPSA) is 125 Å². The Balaban J connectivity index is 1.08. The lowest BCUT2D eigenvalue weighted by Gasteiger charge is -2.61. The lowest BCUT2D eigenvalue weighted by atomic mass is 9.46. The highest BCUT2D eigenvalue weighted by Crippen LogP contribution is 2.64. The normalized spacial score (nSPS) is 42.5. The van der Waals surface area contributed by atoms with Crippen LogP contribution in [0.15, 0.2) is 0 Å². The number of hydrogen-bond donors (Lipinski definition) is 1. The molecular weight excluding hydrogens is 636 g/mol. The number of carbonyl (C=O) groups is 4. The van der Waals surface area contributed by atoms with Gasteiger partial charge in [-0.2, -0.15) is 0 Å². The largest absolute Gasteiger partial charge is 0.459 e. The average Bonchev–Trinajstić information content (AvgIpc) is 3.16. The number of ether oxygens (including phenoxy) is 4. The quantitative estimate of drug-likeness (QED) is 0.166. The van der Waals surface area contributed by atoms with Gasteiger partial charge in [0.15, 0.2) is 5.60 Å². The molecule has 0 amide bonds. The molecule has 8 aliphatic carbocycles. The predicted molar refractivity (Wildman–Crippen MR) is 184 cm³/mol. The predicted octanol–water partition coefficient (Wildman–Crippen LogP) is 7.24. The Bertz CT molecular complexity index is 1350. The van der Waals surface area contributed by atoms with Gasteiger partial charge in [-0.3, -0.25) is 19.2 Å². The van der Waals surface area contributed by atoms with Gasteiger partial charge < -0.3 is 24.1 Å². The second-order valence-corrected chi connectivity index (χ2v) is 19.9. The van der Waals surface area contributed by atoms with Crippen molar-refractivity contribution < 1.29 is 43.2 Å². The van der Waals surface area contributed by atoms with Crippen molar-refractivity contribution >= 4 is 23.9 Å². The highest BCUT2D eigenvalue weighted by molar-refractivity contribution is 5.80. The lowest BCUT2D eigenvalue weighted by molar-refractivity contribution is -0.223. The minimum Gasteiger partial charge on any atom is -0.459 e. The summed E-state index contributed by atoms with van der Waals surface area (Å²) < 4.78 is 24.4. The van der Waals surface area contributed by atoms with Gasteiger partial charge in [-0.25, -0.2) is 0 Å². The molecule has 6 unspecified atom stereocenters. The molecule has 9 aliphatic rings. The smallest absolute Gasteiger partial charge is 0.310 e. The zero-order valence-electron chi connectivity index (χ0n) is 31.6. The molecule has 0 spiro atoms. The second-order valence-electron chi connectivity index (χ2n) is 19.9. The number of cyclic esters (lactones) is 1. The van der Waals surface area contributed by atoms with Gasteiger partial charge in [0.1, 0.15) is 16.8 Å². The monoisotopic (exact) mass is 698 g/mol. The van der Waals surface area contributed by atoms with E-state index in [4.69, 9.17) is 18.9 Å². The molecule has 9 fully saturated rings. The summed E-state index contributed by atoms with van der Waals surface area (Å²) in [4.78, 5) is 54.3. The van der Waals surface area contributed by atoms with Crippen LogP contribution < -0.4 is 0 Å². The van der Waals surface area contributed by atoms with E-state index in [1.165, 1.54) is 19.3 Å². The third-order valence-corrected chi connectivity index (χ3v) is 15.2. The molecule has 8 bridgehead atoms. The van der Waals surface area contributed by atoms with Crippen molar-refractivity contribution in [2.75, 3.05) is 0 Å². The van der Waals surface area contributed by atoms with Crippen molar-refractivity contribution in [3.8, 4) is 0 Å². The molecule has 1 heterocycles. The molecule has 1 N–H and O–H groups in total. The standard InChI is InChI=1S/C41H62O9/c1-8-30(34(44)48-37(5,6)39-15-25-10-26(16-39)12-27(11-25)17-39)14-31(9-24(2)33(43)49-38(7)22-32(42)47-36(38,3)4)35(45)50-41-20-28-13-29(21-41)19-40(46,18-28)23-41/h24-31,46H,8-23H2,1-7H3. The highest BCUT2D eigenvalue weighted by Gasteiger charge is 2.61. The van der Waals surface area contributed by atoms with Crippen molar-refractivity contribution in [2.45, 2.75) is 179 Å². The Hall–Kier alpha value is -2.16. The van der Waals surface area contributed by atoms with Crippen LogP contribution in [0.25, 0.3) is 0 Å². The second kappa shape index (κ2) is 12.2. The number of hydrogen-bond acceptors (Lipinski definition) is 9. The fourth-order valence-corrected chi connectivity index (χ4v) is 12.8. The molecule has 50 heavy (non-hydrogen) atoms. The summed E-state index contributed by atoms with van der Waals surface area (Å²) in [7, 11) is 0. The van der Waals surface area contributed by atoms with Crippen LogP contribution in [0.5, 0.6) is 0 Å². The summed E-state index contributed by atoms with van der Waals surface area (Å²) >= 11 is 0. The zero-order chi connectivity index (χ0) is 36.1. The molecule has 6 atom stereocenters. The molecule has 9 rings (SSSR count). The van der Waals surface area contributed by atoms with Gasteiger partial charge in [0, 0.05) is 11.8 Å². The first-order chi connectivity index (χ1) is 23.2. The van der Waals surface area contributed by atoms with Crippen LogP contribution in [0.2, 0.25) is 0 Å². The van der Waals surface area contributed by atoms with Crippen LogP contribution in [0.3, 0.4) is 0 Å². The Morgan fingerprint density at radius 3 is 1.86 bits per heavy atom. The van der Waals surface area contributed by atoms with Crippen LogP contribution >= 0.6 is 0 Å². The van der Waals surface area contributed by atoms with Gasteiger partial charge in [0.05, 0.1) is 29.8 Å². The van der Waals surface area contributed by atoms with E-state index in [1.807, 2.05) is 6.92 Å². The first kappa shape index (κ1) is 36.2. The van der Waals surface area contributed by atoms with E-state index < -0.39 is 63.7 Å². The van der Waals surface area contributed by atoms with E-state index in [0.29, 0.717) is 24.7 Å². The van der Waals surface area contributed by atoms with Crippen LogP contribution in [-0.2, 0) is 38.1 Å². The maximum atomic E-state index is 14.4. The van der Waals surface area contributed by atoms with E-state index in [0.717, 1.165) is 69.1 Å². The molecule has 9 heteroatoms. The van der Waals surface area contributed by atoms with Gasteiger partial charge in [0.25, 0.3) is 0 Å². The number of rotatable bonds is 12. The van der Waals surface area contributed by atoms with Crippen molar-refractivity contribution in [2.24, 2.45) is 52.8 Å². The highest BCUT2D eigenvalue weighted by atomic mass is 16.6. The summed E-state index contributed by atoms with van der Waals surface area (Å²) in [5.41, 5.74) is -4.24. The average molecular weight is 699 g/mol. The summed E-state index contributed by atoms with van der Waals surface area (Å²) in [5, 5.41) is 11.4. The maximum absolute atomic E-state index is 14.4. The first-order valence-corrected chi connectivity index (χ1v) is 19.9. The fourth-order valence-electron chi connectivity index (χ4n) is 12.8. The Morgan fingerprint density at radius 1 is 0.800 bits per heavy atom. The van der Waals surface area contributed by atoms with Crippen molar-refractivity contribution in [3.63, 3.8) is 0 Å². The van der Waals surface area contributed by atoms with E-state index in [2.05, 4.69) is 13.8 Å². The van der Waals surface area contributed by atoms with Gasteiger partial charge in [-0.1, -0.05) is 13.8 Å². The minimum absolute atomic E-state index is 0.000285. The van der Waals surface area contributed by atoms with Crippen LogP contribution in [0.1, 0.15) is 151 Å². The third kappa shape index (κ3) is 6.42. The van der Waals surface area contributed by atoms with E-state index in [1.54, 1.807) is 27.7 Å². The third-order valence-electron chi connectivity index (χ3n) is 15.2. The minimum atomic E-state index is -1.14. The van der Waals surface area contributed by atoms with Crippen LogP contribution in [0, 0.1) is 52.8 Å². The molecule has 1 saturated heterocycles. The van der Waals surface area contributed by atoms with Gasteiger partial charge >= 0.3 is 23.9 Å². The van der Waals surface area contributed by atoms with Crippen LogP contribution in [-0.4, -0.2) is 57.0 Å². The number of carbonyl (C=O) groups excluding carboxylic acids is 4. The first-order valence-electron chi connectivity index (χ1n) is 19.9. The molecule has 0 radical (unpaired) electrons. The summed E-state index contributed by atoms with van der Waals surface area (Å²) in [6.07, 6.45) is 12.6. The summed E-state index contributed by atoms with van der Waals surface area (Å²) in [6, 6.07) is 0. The van der Waals surface area contributed by atoms with Crippen molar-refractivity contribution in [3.05, 3.63) is 0 Å². The Morgan fingerprint density at radius 2 is 1.36 bits per heavy atom. The molecule has 8 saturated carbocycles. The number of esters is 4. The Labute approximate surface area is 298 Å². The van der Waals surface area contributed by atoms with Gasteiger partial charge in [0.2, 0.25) is 0 Å². The molecule has 1 aliphatic heterocycles. The molecule has 0 aromatic heterocycles. The molecular formula is C41H62O9. The fraction of sp³-hybridized carbons (Fsp3) is 0.902. The van der Waals surface area contributed by atoms with E-state index in [9.17, 15) is 24.3 Å². The van der Waals surface area contributed by atoms with E-state index in [-0.39, 0.29) is 30.6 Å². The Kier molecular flexibility index (Phi) is 8.83. The molecule has 280 valence electrons. The van der Waals surface area contributed by atoms with Gasteiger partial charge in [-0.05, 0) is 154 Å². The van der Waals surface area contributed by atoms with Crippen LogP contribution in [0.4, 0.5) is 0 Å².